The van der Waals surface area contributed by atoms with Gasteiger partial charge in [0.25, 0.3) is 0 Å². The van der Waals surface area contributed by atoms with Crippen molar-refractivity contribution in [1.29, 1.82) is 0 Å². The number of nitrogens with one attached hydrogen (secondary N) is 1. The summed E-state index contributed by atoms with van der Waals surface area (Å²) >= 11 is 0. The van der Waals surface area contributed by atoms with Gasteiger partial charge in [0, 0.05) is 10.9 Å². The Morgan fingerprint density at radius 1 is 1.16 bits per heavy atom. The van der Waals surface area contributed by atoms with Gasteiger partial charge in [0.15, 0.2) is 0 Å². The molecule has 0 saturated carbocycles. The number of aryl methyl sites for hydroxylation is 1. The van der Waals surface area contributed by atoms with Crippen LogP contribution in [0.4, 0.5) is 0 Å². The van der Waals surface area contributed by atoms with E-state index in [1.165, 1.54) is 0 Å². The van der Waals surface area contributed by atoms with Crippen molar-refractivity contribution in [1.82, 2.24) is 10.2 Å². The van der Waals surface area contributed by atoms with Crippen molar-refractivity contribution in [2.75, 3.05) is 0 Å². The van der Waals surface area contributed by atoms with Crippen LogP contribution in [0.25, 0.3) is 22.2 Å². The van der Waals surface area contributed by atoms with Crippen molar-refractivity contribution in [2.45, 2.75) is 6.92 Å². The van der Waals surface area contributed by atoms with Gasteiger partial charge in [-0.2, -0.15) is 5.10 Å². The molecule has 0 saturated heterocycles. The first-order valence-electron chi connectivity index (χ1n) is 5.94. The normalized spacial score (nSPS) is 10.8. The smallest absolute Gasteiger partial charge is 0.336 e. The number of benzene rings is 2. The van der Waals surface area contributed by atoms with Crippen molar-refractivity contribution in [3.8, 4) is 11.3 Å². The molecule has 3 aromatic rings. The number of fused-ring (bicyclic) bond motifs is 1. The zero-order valence-corrected chi connectivity index (χ0v) is 10.3. The van der Waals surface area contributed by atoms with E-state index in [1.807, 2.05) is 37.3 Å². The van der Waals surface area contributed by atoms with Gasteiger partial charge in [0.05, 0.1) is 11.1 Å². The van der Waals surface area contributed by atoms with E-state index in [2.05, 4.69) is 10.2 Å². The largest absolute Gasteiger partial charge is 0.478 e. The van der Waals surface area contributed by atoms with Crippen LogP contribution in [0.5, 0.6) is 0 Å². The van der Waals surface area contributed by atoms with Crippen LogP contribution in [-0.4, -0.2) is 21.3 Å². The molecule has 0 aliphatic rings. The second-order valence-electron chi connectivity index (χ2n) is 4.47. The van der Waals surface area contributed by atoms with Gasteiger partial charge in [-0.05, 0) is 19.1 Å². The van der Waals surface area contributed by atoms with Crippen LogP contribution in [0.15, 0.2) is 42.5 Å². The van der Waals surface area contributed by atoms with Crippen molar-refractivity contribution >= 4 is 16.9 Å². The lowest BCUT2D eigenvalue weighted by atomic mass is 10.0. The van der Waals surface area contributed by atoms with Gasteiger partial charge in [-0.3, -0.25) is 5.10 Å². The third-order valence-corrected chi connectivity index (χ3v) is 3.14. The van der Waals surface area contributed by atoms with Crippen molar-refractivity contribution in [2.24, 2.45) is 0 Å². The molecule has 1 aromatic heterocycles. The Balaban J connectivity index is 2.30. The highest BCUT2D eigenvalue weighted by Gasteiger charge is 2.15. The first kappa shape index (κ1) is 11.5. The van der Waals surface area contributed by atoms with E-state index in [-0.39, 0.29) is 5.56 Å². The van der Waals surface area contributed by atoms with Gasteiger partial charge in [-0.1, -0.05) is 35.9 Å². The number of carboxylic acids is 1. The molecule has 0 bridgehead atoms. The summed E-state index contributed by atoms with van der Waals surface area (Å²) in [5, 5.41) is 17.1. The summed E-state index contributed by atoms with van der Waals surface area (Å²) in [5.41, 5.74) is 3.73. The van der Waals surface area contributed by atoms with Gasteiger partial charge >= 0.3 is 5.97 Å². The minimum absolute atomic E-state index is 0.266. The molecule has 0 atom stereocenters. The number of carbonyl (C=O) groups is 1. The van der Waals surface area contributed by atoms with E-state index in [9.17, 15) is 9.90 Å². The lowest BCUT2D eigenvalue weighted by Gasteiger charge is -2.01. The van der Waals surface area contributed by atoms with Gasteiger partial charge in [0.1, 0.15) is 5.69 Å². The fourth-order valence-electron chi connectivity index (χ4n) is 2.17. The second-order valence-corrected chi connectivity index (χ2v) is 4.47. The van der Waals surface area contributed by atoms with E-state index < -0.39 is 5.97 Å². The molecule has 4 heteroatoms. The molecule has 1 heterocycles. The predicted octanol–water partition coefficient (Wildman–Crippen LogP) is 3.24. The monoisotopic (exact) mass is 252 g/mol. The van der Waals surface area contributed by atoms with Crippen LogP contribution in [0, 0.1) is 6.92 Å². The molecule has 0 radical (unpaired) electrons. The fourth-order valence-corrected chi connectivity index (χ4v) is 2.17. The van der Waals surface area contributed by atoms with Gasteiger partial charge < -0.3 is 5.11 Å². The van der Waals surface area contributed by atoms with Crippen molar-refractivity contribution < 1.29 is 9.90 Å². The first-order chi connectivity index (χ1) is 9.16. The van der Waals surface area contributed by atoms with Crippen LogP contribution >= 0.6 is 0 Å². The quantitative estimate of drug-likeness (QED) is 0.735. The first-order valence-corrected chi connectivity index (χ1v) is 5.94. The number of hydrogen-bond donors (Lipinski definition) is 2. The minimum Gasteiger partial charge on any atom is -0.478 e. The summed E-state index contributed by atoms with van der Waals surface area (Å²) in [5.74, 6) is -0.944. The van der Waals surface area contributed by atoms with Gasteiger partial charge in [0.2, 0.25) is 0 Å². The minimum atomic E-state index is -0.944. The molecular formula is C15H12N2O2. The molecule has 0 unspecified atom stereocenters. The molecule has 0 aliphatic heterocycles. The van der Waals surface area contributed by atoms with Crippen molar-refractivity contribution in [3.05, 3.63) is 53.6 Å². The average molecular weight is 252 g/mol. The summed E-state index contributed by atoms with van der Waals surface area (Å²) in [6.45, 7) is 2.01. The molecule has 4 nitrogen and oxygen atoms in total. The van der Waals surface area contributed by atoms with Gasteiger partial charge in [-0.15, -0.1) is 0 Å². The lowest BCUT2D eigenvalue weighted by molar-refractivity contribution is 0.0699. The summed E-state index contributed by atoms with van der Waals surface area (Å²) in [7, 11) is 0. The maximum absolute atomic E-state index is 11.3. The highest BCUT2D eigenvalue weighted by atomic mass is 16.4. The number of H-pyrrole nitrogens is 1. The molecule has 2 aromatic carbocycles. The number of aromatic nitrogens is 2. The number of nitrogens with zero attached hydrogens (tertiary/aromatic N) is 1. The topological polar surface area (TPSA) is 66.0 Å². The molecule has 3 rings (SSSR count). The Bertz CT molecular complexity index is 757. The summed E-state index contributed by atoms with van der Waals surface area (Å²) in [6, 6.07) is 13.0. The predicted molar refractivity (Wildman–Crippen MR) is 73.2 cm³/mol. The van der Waals surface area contributed by atoms with Crippen molar-refractivity contribution in [3.63, 3.8) is 0 Å². The van der Waals surface area contributed by atoms with Gasteiger partial charge in [-0.25, -0.2) is 4.79 Å². The zero-order chi connectivity index (χ0) is 13.4. The average Bonchev–Trinajstić information content (AvgIpc) is 2.83. The Kier molecular flexibility index (Phi) is 2.56. The molecule has 94 valence electrons. The summed E-state index contributed by atoms with van der Waals surface area (Å²) in [4.78, 5) is 11.3. The number of aromatic carboxylic acids is 1. The van der Waals surface area contributed by atoms with E-state index >= 15 is 0 Å². The van der Waals surface area contributed by atoms with Crippen LogP contribution in [-0.2, 0) is 0 Å². The van der Waals surface area contributed by atoms with E-state index in [0.717, 1.165) is 16.6 Å². The SMILES string of the molecule is Cc1ccc(-c2n[nH]c3cccc(C(=O)O)c23)cc1. The van der Waals surface area contributed by atoms with Crippen LogP contribution in [0.1, 0.15) is 15.9 Å². The summed E-state index contributed by atoms with van der Waals surface area (Å²) in [6.07, 6.45) is 0. The zero-order valence-electron chi connectivity index (χ0n) is 10.3. The van der Waals surface area contributed by atoms with E-state index in [1.54, 1.807) is 12.1 Å². The highest BCUT2D eigenvalue weighted by Crippen LogP contribution is 2.29. The Labute approximate surface area is 109 Å². The number of carboxylic acid groups (broad SMARTS) is 1. The third-order valence-electron chi connectivity index (χ3n) is 3.14. The molecule has 2 N–H and O–H groups in total. The molecular weight excluding hydrogens is 240 g/mol. The summed E-state index contributed by atoms with van der Waals surface area (Å²) < 4.78 is 0. The Morgan fingerprint density at radius 2 is 1.89 bits per heavy atom. The number of rotatable bonds is 2. The molecule has 0 spiro atoms. The van der Waals surface area contributed by atoms with Crippen LogP contribution < -0.4 is 0 Å². The standard InChI is InChI=1S/C15H12N2O2/c1-9-5-7-10(8-6-9)14-13-11(15(18)19)3-2-4-12(13)16-17-14/h2-8H,1H3,(H,16,17)(H,18,19). The maximum Gasteiger partial charge on any atom is 0.336 e. The fraction of sp³-hybridized carbons (Fsp3) is 0.0667. The Hall–Kier alpha value is -2.62. The molecule has 0 fully saturated rings. The Morgan fingerprint density at radius 3 is 2.58 bits per heavy atom. The van der Waals surface area contributed by atoms with Crippen LogP contribution in [0.3, 0.4) is 0 Å². The van der Waals surface area contributed by atoms with E-state index in [4.69, 9.17) is 0 Å². The molecule has 0 aliphatic carbocycles. The number of aromatic amines is 1. The van der Waals surface area contributed by atoms with E-state index in [0.29, 0.717) is 11.1 Å². The highest BCUT2D eigenvalue weighted by molar-refractivity contribution is 6.08. The lowest BCUT2D eigenvalue weighted by Crippen LogP contribution is -1.97. The van der Waals surface area contributed by atoms with Crippen LogP contribution in [0.2, 0.25) is 0 Å². The maximum atomic E-state index is 11.3. The third kappa shape index (κ3) is 1.87. The molecule has 0 amide bonds. The second kappa shape index (κ2) is 4.24. The molecule has 19 heavy (non-hydrogen) atoms. The number of hydrogen-bond acceptors (Lipinski definition) is 2.